The zero-order chi connectivity index (χ0) is 14.5. The quantitative estimate of drug-likeness (QED) is 0.723. The van der Waals surface area contributed by atoms with Gasteiger partial charge in [-0.15, -0.1) is 0 Å². The number of rotatable bonds is 5. The van der Waals surface area contributed by atoms with Gasteiger partial charge >= 0.3 is 12.0 Å². The maximum absolute atomic E-state index is 11.7. The molecule has 4 atom stereocenters. The smallest absolute Gasteiger partial charge is 0.314 e. The third-order valence-corrected chi connectivity index (χ3v) is 4.86. The largest absolute Gasteiger partial charge is 0.481 e. The molecule has 0 heterocycles. The predicted molar refractivity (Wildman–Crippen MR) is 76.4 cm³/mol. The molecule has 2 amide bonds. The van der Waals surface area contributed by atoms with Crippen LogP contribution in [0, 0.1) is 23.7 Å². The molecular weight excluding hydrogens is 256 g/mol. The van der Waals surface area contributed by atoms with Crippen molar-refractivity contribution in [1.29, 1.82) is 0 Å². The number of carboxylic acid groups (broad SMARTS) is 1. The average molecular weight is 282 g/mol. The zero-order valence-corrected chi connectivity index (χ0v) is 12.2. The molecular formula is C15H26N2O3. The monoisotopic (exact) mass is 282 g/mol. The van der Waals surface area contributed by atoms with E-state index in [1.165, 1.54) is 19.3 Å². The van der Waals surface area contributed by atoms with E-state index in [0.29, 0.717) is 12.5 Å². The molecule has 5 nitrogen and oxygen atoms in total. The molecule has 0 radical (unpaired) electrons. The van der Waals surface area contributed by atoms with Crippen molar-refractivity contribution < 1.29 is 14.7 Å². The molecule has 2 saturated carbocycles. The van der Waals surface area contributed by atoms with Crippen LogP contribution in [0.5, 0.6) is 0 Å². The van der Waals surface area contributed by atoms with Gasteiger partial charge in [0.05, 0.1) is 5.92 Å². The van der Waals surface area contributed by atoms with Crippen LogP contribution >= 0.6 is 0 Å². The fourth-order valence-electron chi connectivity index (χ4n) is 3.64. The summed E-state index contributed by atoms with van der Waals surface area (Å²) in [5.74, 6) is 0.457. The van der Waals surface area contributed by atoms with Gasteiger partial charge in [0.2, 0.25) is 0 Å². The molecule has 0 aromatic heterocycles. The van der Waals surface area contributed by atoms with E-state index in [1.54, 1.807) is 0 Å². The molecule has 0 aromatic carbocycles. The van der Waals surface area contributed by atoms with Gasteiger partial charge in [0.25, 0.3) is 0 Å². The average Bonchev–Trinajstić information content (AvgIpc) is 3.02. The molecule has 0 saturated heterocycles. The Morgan fingerprint density at radius 2 is 1.85 bits per heavy atom. The van der Waals surface area contributed by atoms with Gasteiger partial charge < -0.3 is 15.7 Å². The van der Waals surface area contributed by atoms with Gasteiger partial charge in [-0.2, -0.15) is 0 Å². The zero-order valence-electron chi connectivity index (χ0n) is 12.2. The minimum atomic E-state index is -0.727. The lowest BCUT2D eigenvalue weighted by molar-refractivity contribution is -0.142. The SMILES string of the molecule is CC1CCC(CNC(=O)NCC2CCCC2C(=O)O)C1. The van der Waals surface area contributed by atoms with Crippen LogP contribution in [0.25, 0.3) is 0 Å². The standard InChI is InChI=1S/C15H26N2O3/c1-10-5-6-11(7-10)8-16-15(20)17-9-12-3-2-4-13(12)14(18)19/h10-13H,2-9H2,1H3,(H,18,19)(H2,16,17,20). The summed E-state index contributed by atoms with van der Waals surface area (Å²) in [6.07, 6.45) is 6.25. The summed E-state index contributed by atoms with van der Waals surface area (Å²) in [6.45, 7) is 3.47. The second-order valence-electron chi connectivity index (χ2n) is 6.51. The Morgan fingerprint density at radius 3 is 2.50 bits per heavy atom. The van der Waals surface area contributed by atoms with E-state index < -0.39 is 5.97 Å². The summed E-state index contributed by atoms with van der Waals surface area (Å²) in [4.78, 5) is 22.8. The van der Waals surface area contributed by atoms with E-state index in [-0.39, 0.29) is 17.9 Å². The van der Waals surface area contributed by atoms with Crippen LogP contribution in [-0.4, -0.2) is 30.2 Å². The summed E-state index contributed by atoms with van der Waals surface area (Å²) in [6, 6.07) is -0.152. The van der Waals surface area contributed by atoms with Crippen molar-refractivity contribution in [2.75, 3.05) is 13.1 Å². The van der Waals surface area contributed by atoms with Gasteiger partial charge in [-0.05, 0) is 43.4 Å². The van der Waals surface area contributed by atoms with Crippen LogP contribution in [0.2, 0.25) is 0 Å². The van der Waals surface area contributed by atoms with Crippen LogP contribution in [0.3, 0.4) is 0 Å². The Morgan fingerprint density at radius 1 is 1.10 bits per heavy atom. The first-order valence-electron chi connectivity index (χ1n) is 7.80. The first-order valence-corrected chi connectivity index (χ1v) is 7.80. The number of carboxylic acids is 1. The maximum Gasteiger partial charge on any atom is 0.314 e. The van der Waals surface area contributed by atoms with Gasteiger partial charge in [-0.25, -0.2) is 4.79 Å². The van der Waals surface area contributed by atoms with Crippen LogP contribution in [-0.2, 0) is 4.79 Å². The Kier molecular flexibility index (Phi) is 5.26. The number of nitrogens with one attached hydrogen (secondary N) is 2. The van der Waals surface area contributed by atoms with E-state index in [9.17, 15) is 9.59 Å². The van der Waals surface area contributed by atoms with Crippen molar-refractivity contribution in [2.45, 2.75) is 45.4 Å². The second-order valence-corrected chi connectivity index (χ2v) is 6.51. The van der Waals surface area contributed by atoms with E-state index in [2.05, 4.69) is 17.6 Å². The van der Waals surface area contributed by atoms with E-state index in [1.807, 2.05) is 0 Å². The lowest BCUT2D eigenvalue weighted by atomic mass is 9.96. The maximum atomic E-state index is 11.7. The number of hydrogen-bond acceptors (Lipinski definition) is 2. The van der Waals surface area contributed by atoms with Gasteiger partial charge in [0.15, 0.2) is 0 Å². The molecule has 0 bridgehead atoms. The van der Waals surface area contributed by atoms with E-state index in [0.717, 1.165) is 31.7 Å². The van der Waals surface area contributed by atoms with Crippen molar-refractivity contribution in [2.24, 2.45) is 23.7 Å². The van der Waals surface area contributed by atoms with Gasteiger partial charge in [0, 0.05) is 13.1 Å². The van der Waals surface area contributed by atoms with Gasteiger partial charge in [-0.1, -0.05) is 19.8 Å². The minimum Gasteiger partial charge on any atom is -0.481 e. The van der Waals surface area contributed by atoms with E-state index in [4.69, 9.17) is 5.11 Å². The summed E-state index contributed by atoms with van der Waals surface area (Å²) < 4.78 is 0. The summed E-state index contributed by atoms with van der Waals surface area (Å²) in [7, 11) is 0. The normalized spacial score (nSPS) is 33.0. The molecule has 5 heteroatoms. The van der Waals surface area contributed by atoms with Crippen molar-refractivity contribution in [3.05, 3.63) is 0 Å². The molecule has 2 aliphatic carbocycles. The fourth-order valence-corrected chi connectivity index (χ4v) is 3.64. The number of aliphatic carboxylic acids is 1. The third kappa shape index (κ3) is 4.12. The number of urea groups is 1. The van der Waals surface area contributed by atoms with Crippen molar-refractivity contribution in [1.82, 2.24) is 10.6 Å². The van der Waals surface area contributed by atoms with Crippen LogP contribution in [0.15, 0.2) is 0 Å². The number of amides is 2. The van der Waals surface area contributed by atoms with Crippen LogP contribution < -0.4 is 10.6 Å². The summed E-state index contributed by atoms with van der Waals surface area (Å²) >= 11 is 0. The summed E-state index contributed by atoms with van der Waals surface area (Å²) in [5.41, 5.74) is 0. The fraction of sp³-hybridized carbons (Fsp3) is 0.867. The predicted octanol–water partition coefficient (Wildman–Crippen LogP) is 2.22. The lowest BCUT2D eigenvalue weighted by Gasteiger charge is -2.17. The highest BCUT2D eigenvalue weighted by Crippen LogP contribution is 2.31. The molecule has 114 valence electrons. The van der Waals surface area contributed by atoms with E-state index >= 15 is 0 Å². The topological polar surface area (TPSA) is 78.4 Å². The second kappa shape index (κ2) is 6.95. The molecule has 2 aliphatic rings. The molecule has 0 aromatic rings. The first-order chi connectivity index (χ1) is 9.56. The molecule has 20 heavy (non-hydrogen) atoms. The van der Waals surface area contributed by atoms with Crippen LogP contribution in [0.1, 0.15) is 45.4 Å². The van der Waals surface area contributed by atoms with Crippen LogP contribution in [0.4, 0.5) is 4.79 Å². The number of carbonyl (C=O) groups is 2. The Balaban J connectivity index is 1.63. The molecule has 2 fully saturated rings. The molecule has 0 spiro atoms. The van der Waals surface area contributed by atoms with Gasteiger partial charge in [-0.3, -0.25) is 4.79 Å². The molecule has 4 unspecified atom stereocenters. The highest BCUT2D eigenvalue weighted by atomic mass is 16.4. The number of hydrogen-bond donors (Lipinski definition) is 3. The molecule has 2 rings (SSSR count). The van der Waals surface area contributed by atoms with Crippen molar-refractivity contribution in [3.8, 4) is 0 Å². The minimum absolute atomic E-state index is 0.0877. The number of carbonyl (C=O) groups excluding carboxylic acids is 1. The Hall–Kier alpha value is -1.26. The molecule has 0 aliphatic heterocycles. The van der Waals surface area contributed by atoms with Crippen molar-refractivity contribution >= 4 is 12.0 Å². The highest BCUT2D eigenvalue weighted by Gasteiger charge is 2.32. The Bertz CT molecular complexity index is 359. The molecule has 3 N–H and O–H groups in total. The van der Waals surface area contributed by atoms with Gasteiger partial charge in [0.1, 0.15) is 0 Å². The summed E-state index contributed by atoms with van der Waals surface area (Å²) in [5, 5.41) is 14.8. The lowest BCUT2D eigenvalue weighted by Crippen LogP contribution is -2.41. The first kappa shape index (κ1) is 15.1. The van der Waals surface area contributed by atoms with Crippen molar-refractivity contribution in [3.63, 3.8) is 0 Å². The Labute approximate surface area is 120 Å². The highest BCUT2D eigenvalue weighted by molar-refractivity contribution is 5.74. The third-order valence-electron chi connectivity index (χ3n) is 4.86.